The van der Waals surface area contributed by atoms with Gasteiger partial charge in [0, 0.05) is 59.5 Å². The van der Waals surface area contributed by atoms with Gasteiger partial charge >= 0.3 is 0 Å². The Labute approximate surface area is 213 Å². The fourth-order valence-corrected chi connectivity index (χ4v) is 4.57. The van der Waals surface area contributed by atoms with Crippen molar-refractivity contribution in [3.05, 3.63) is 71.4 Å². The first-order chi connectivity index (χ1) is 17.4. The third-order valence-corrected chi connectivity index (χ3v) is 6.71. The van der Waals surface area contributed by atoms with E-state index >= 15 is 0 Å². The first-order valence-corrected chi connectivity index (χ1v) is 12.5. The monoisotopic (exact) mass is 485 g/mol. The zero-order valence-electron chi connectivity index (χ0n) is 21.5. The van der Waals surface area contributed by atoms with Gasteiger partial charge in [0.15, 0.2) is 0 Å². The molecule has 7 nitrogen and oxygen atoms in total. The van der Waals surface area contributed by atoms with Crippen LogP contribution in [-0.4, -0.2) is 54.7 Å². The van der Waals surface area contributed by atoms with E-state index in [2.05, 4.69) is 40.6 Å². The number of ether oxygens (including phenoxy) is 1. The molecule has 2 aromatic carbocycles. The van der Waals surface area contributed by atoms with Crippen molar-refractivity contribution >= 4 is 17.3 Å². The normalized spacial score (nSPS) is 14.3. The second kappa shape index (κ2) is 11.4. The molecule has 0 atom stereocenters. The molecule has 0 saturated carbocycles. The number of anilines is 1. The Bertz CT molecular complexity index is 1250. The lowest BCUT2D eigenvalue weighted by atomic mass is 9.98. The van der Waals surface area contributed by atoms with Crippen molar-refractivity contribution in [2.24, 2.45) is 0 Å². The van der Waals surface area contributed by atoms with Crippen LogP contribution in [0.4, 0.5) is 5.69 Å². The van der Waals surface area contributed by atoms with Gasteiger partial charge in [-0.05, 0) is 82.2 Å². The number of carbonyl (C=O) groups excluding carboxylic acids is 1. The first-order valence-electron chi connectivity index (χ1n) is 12.5. The van der Waals surface area contributed by atoms with E-state index in [0.717, 1.165) is 66.0 Å². The SMILES string of the molecule is CCc1cc(-c2cc(Oc3ccc(C(C)=N)c(NC)c3)ccn2)ccc1C(=O)NC1CCN(C)CC1. The number of hydrogen-bond donors (Lipinski definition) is 3. The summed E-state index contributed by atoms with van der Waals surface area (Å²) in [6.45, 7) is 5.85. The summed E-state index contributed by atoms with van der Waals surface area (Å²) < 4.78 is 6.11. The number of piperidine rings is 1. The van der Waals surface area contributed by atoms with Crippen molar-refractivity contribution in [2.75, 3.05) is 32.5 Å². The number of rotatable bonds is 8. The number of aryl methyl sites for hydroxylation is 1. The summed E-state index contributed by atoms with van der Waals surface area (Å²) in [6, 6.07) is 15.5. The minimum atomic E-state index is 0.00180. The molecule has 0 radical (unpaired) electrons. The predicted octanol–water partition coefficient (Wildman–Crippen LogP) is 5.36. The highest BCUT2D eigenvalue weighted by Gasteiger charge is 2.20. The van der Waals surface area contributed by atoms with E-state index in [9.17, 15) is 4.79 Å². The van der Waals surface area contributed by atoms with Crippen LogP contribution in [0.25, 0.3) is 11.3 Å². The lowest BCUT2D eigenvalue weighted by molar-refractivity contribution is 0.0916. The van der Waals surface area contributed by atoms with Crippen LogP contribution in [0, 0.1) is 5.41 Å². The Morgan fingerprint density at radius 2 is 1.81 bits per heavy atom. The van der Waals surface area contributed by atoms with E-state index < -0.39 is 0 Å². The van der Waals surface area contributed by atoms with Gasteiger partial charge in [0.05, 0.1) is 5.69 Å². The van der Waals surface area contributed by atoms with E-state index in [1.54, 1.807) is 13.1 Å². The molecule has 3 N–H and O–H groups in total. The molecule has 2 heterocycles. The minimum absolute atomic E-state index is 0.00180. The molecule has 1 amide bonds. The molecule has 1 aliphatic heterocycles. The molecule has 0 aliphatic carbocycles. The fraction of sp³-hybridized carbons (Fsp3) is 0.345. The molecule has 1 aromatic heterocycles. The minimum Gasteiger partial charge on any atom is -0.457 e. The van der Waals surface area contributed by atoms with Gasteiger partial charge in [0.25, 0.3) is 5.91 Å². The maximum atomic E-state index is 13.0. The van der Waals surface area contributed by atoms with E-state index in [4.69, 9.17) is 10.1 Å². The molecule has 1 aliphatic rings. The molecule has 36 heavy (non-hydrogen) atoms. The van der Waals surface area contributed by atoms with Gasteiger partial charge in [-0.1, -0.05) is 13.0 Å². The number of hydrogen-bond acceptors (Lipinski definition) is 6. The number of aromatic nitrogens is 1. The molecule has 7 heteroatoms. The lowest BCUT2D eigenvalue weighted by Gasteiger charge is -2.29. The number of likely N-dealkylation sites (tertiary alicyclic amines) is 1. The zero-order valence-corrected chi connectivity index (χ0v) is 21.5. The largest absolute Gasteiger partial charge is 0.457 e. The van der Waals surface area contributed by atoms with Gasteiger partial charge in [0.2, 0.25) is 0 Å². The van der Waals surface area contributed by atoms with Crippen LogP contribution in [0.15, 0.2) is 54.7 Å². The Kier molecular flexibility index (Phi) is 8.00. The molecule has 0 spiro atoms. The fourth-order valence-electron chi connectivity index (χ4n) is 4.57. The summed E-state index contributed by atoms with van der Waals surface area (Å²) in [5, 5.41) is 14.3. The van der Waals surface area contributed by atoms with E-state index in [1.165, 1.54) is 0 Å². The second-order valence-corrected chi connectivity index (χ2v) is 9.34. The van der Waals surface area contributed by atoms with E-state index in [1.807, 2.05) is 49.5 Å². The number of nitrogens with zero attached hydrogens (tertiary/aromatic N) is 2. The molecule has 0 unspecified atom stereocenters. The number of nitrogens with one attached hydrogen (secondary N) is 3. The Morgan fingerprint density at radius 3 is 2.50 bits per heavy atom. The predicted molar refractivity (Wildman–Crippen MR) is 146 cm³/mol. The van der Waals surface area contributed by atoms with Crippen LogP contribution >= 0.6 is 0 Å². The molecule has 3 aromatic rings. The molecular weight excluding hydrogens is 450 g/mol. The van der Waals surface area contributed by atoms with Crippen molar-refractivity contribution < 1.29 is 9.53 Å². The maximum absolute atomic E-state index is 13.0. The van der Waals surface area contributed by atoms with Crippen molar-refractivity contribution in [1.82, 2.24) is 15.2 Å². The van der Waals surface area contributed by atoms with Crippen molar-refractivity contribution in [3.63, 3.8) is 0 Å². The van der Waals surface area contributed by atoms with Crippen LogP contribution in [0.2, 0.25) is 0 Å². The zero-order chi connectivity index (χ0) is 25.7. The second-order valence-electron chi connectivity index (χ2n) is 9.34. The van der Waals surface area contributed by atoms with Gasteiger partial charge in [-0.15, -0.1) is 0 Å². The van der Waals surface area contributed by atoms with Gasteiger partial charge in [-0.2, -0.15) is 0 Å². The number of benzene rings is 2. The number of carbonyl (C=O) groups is 1. The maximum Gasteiger partial charge on any atom is 0.251 e. The average Bonchev–Trinajstić information content (AvgIpc) is 2.89. The lowest BCUT2D eigenvalue weighted by Crippen LogP contribution is -2.43. The van der Waals surface area contributed by atoms with Gasteiger partial charge in [0.1, 0.15) is 11.5 Å². The summed E-state index contributed by atoms with van der Waals surface area (Å²) in [5.41, 5.74) is 5.63. The summed E-state index contributed by atoms with van der Waals surface area (Å²) >= 11 is 0. The highest BCUT2D eigenvalue weighted by Crippen LogP contribution is 2.30. The van der Waals surface area contributed by atoms with Crippen LogP contribution in [-0.2, 0) is 6.42 Å². The first kappa shape index (κ1) is 25.4. The smallest absolute Gasteiger partial charge is 0.251 e. The Hall–Kier alpha value is -3.71. The van der Waals surface area contributed by atoms with E-state index in [-0.39, 0.29) is 11.9 Å². The molecule has 1 saturated heterocycles. The summed E-state index contributed by atoms with van der Waals surface area (Å²) in [6.07, 6.45) is 4.45. The summed E-state index contributed by atoms with van der Waals surface area (Å²) in [4.78, 5) is 19.9. The Morgan fingerprint density at radius 1 is 1.08 bits per heavy atom. The van der Waals surface area contributed by atoms with Crippen molar-refractivity contribution in [3.8, 4) is 22.8 Å². The number of amides is 1. The molecule has 0 bridgehead atoms. The number of pyridine rings is 1. The van der Waals surface area contributed by atoms with Crippen molar-refractivity contribution in [1.29, 1.82) is 5.41 Å². The summed E-state index contributed by atoms with van der Waals surface area (Å²) in [7, 11) is 3.95. The quantitative estimate of drug-likeness (QED) is 0.374. The molecule has 1 fully saturated rings. The van der Waals surface area contributed by atoms with Gasteiger partial charge in [-0.25, -0.2) is 0 Å². The summed E-state index contributed by atoms with van der Waals surface area (Å²) in [5.74, 6) is 1.35. The topological polar surface area (TPSA) is 90.3 Å². The molecule has 188 valence electrons. The van der Waals surface area contributed by atoms with Crippen LogP contribution in [0.3, 0.4) is 0 Å². The third-order valence-electron chi connectivity index (χ3n) is 6.71. The van der Waals surface area contributed by atoms with Crippen LogP contribution in [0.5, 0.6) is 11.5 Å². The highest BCUT2D eigenvalue weighted by atomic mass is 16.5. The van der Waals surface area contributed by atoms with Gasteiger partial charge in [-0.3, -0.25) is 9.78 Å². The van der Waals surface area contributed by atoms with Crippen LogP contribution in [0.1, 0.15) is 48.2 Å². The average molecular weight is 486 g/mol. The Balaban J connectivity index is 1.52. The van der Waals surface area contributed by atoms with Gasteiger partial charge < -0.3 is 25.7 Å². The molecular formula is C29H35N5O2. The van der Waals surface area contributed by atoms with Crippen LogP contribution < -0.4 is 15.4 Å². The van der Waals surface area contributed by atoms with Crippen molar-refractivity contribution in [2.45, 2.75) is 39.2 Å². The van der Waals surface area contributed by atoms with E-state index in [0.29, 0.717) is 17.2 Å². The highest BCUT2D eigenvalue weighted by molar-refractivity contribution is 6.01. The third kappa shape index (κ3) is 5.91. The molecule has 4 rings (SSSR count). The standard InChI is InChI=1S/C29H35N5O2/c1-5-20-16-21(6-8-26(20)29(35)33-22-11-14-34(4)15-12-22)27-17-24(10-13-32-27)36-23-7-9-25(19(2)30)28(18-23)31-3/h6-10,13,16-18,22,30-31H,5,11-12,14-15H2,1-4H3,(H,33,35).